The summed E-state index contributed by atoms with van der Waals surface area (Å²) in [7, 11) is 3.20. The summed E-state index contributed by atoms with van der Waals surface area (Å²) in [6.07, 6.45) is -3.54. The van der Waals surface area contributed by atoms with Crippen LogP contribution in [0.2, 0.25) is 0 Å². The number of alkyl halides is 3. The summed E-state index contributed by atoms with van der Waals surface area (Å²) in [6.45, 7) is 2.55. The average Bonchev–Trinajstić information content (AvgIpc) is 2.36. The largest absolute Gasteiger partial charge is 0.416 e. The lowest BCUT2D eigenvalue weighted by atomic mass is 10.2. The number of nitrogens with zero attached hydrogens (tertiary/aromatic N) is 2. The van der Waals surface area contributed by atoms with Crippen LogP contribution in [0.25, 0.3) is 0 Å². The fraction of sp³-hybridized carbons (Fsp3) is 0.462. The van der Waals surface area contributed by atoms with Crippen LogP contribution in [0.4, 0.5) is 23.7 Å². The molecule has 0 aliphatic heterocycles. The highest BCUT2D eigenvalue weighted by Crippen LogP contribution is 2.30. The van der Waals surface area contributed by atoms with E-state index < -0.39 is 11.7 Å². The van der Waals surface area contributed by atoms with Crippen LogP contribution in [0.1, 0.15) is 18.9 Å². The molecule has 0 radical (unpaired) electrons. The van der Waals surface area contributed by atoms with E-state index >= 15 is 0 Å². The molecular weight excluding hydrogens is 257 g/mol. The van der Waals surface area contributed by atoms with Gasteiger partial charge in [0.25, 0.3) is 0 Å². The third kappa shape index (κ3) is 3.87. The quantitative estimate of drug-likeness (QED) is 0.826. The van der Waals surface area contributed by atoms with Crippen molar-refractivity contribution in [2.45, 2.75) is 19.5 Å². The Hall–Kier alpha value is -1.72. The molecule has 0 atom stereocenters. The molecule has 0 fully saturated rings. The van der Waals surface area contributed by atoms with Gasteiger partial charge < -0.3 is 4.90 Å². The van der Waals surface area contributed by atoms with Gasteiger partial charge in [-0.2, -0.15) is 13.2 Å². The molecule has 0 spiro atoms. The Balaban J connectivity index is 2.83. The van der Waals surface area contributed by atoms with Gasteiger partial charge in [0.05, 0.1) is 5.56 Å². The van der Waals surface area contributed by atoms with Crippen molar-refractivity contribution in [3.8, 4) is 0 Å². The van der Waals surface area contributed by atoms with E-state index in [1.165, 1.54) is 29.0 Å². The topological polar surface area (TPSA) is 23.6 Å². The predicted molar refractivity (Wildman–Crippen MR) is 68.2 cm³/mol. The van der Waals surface area contributed by atoms with E-state index in [1.807, 2.05) is 6.92 Å². The zero-order chi connectivity index (χ0) is 14.6. The number of rotatable bonds is 3. The predicted octanol–water partition coefficient (Wildman–Crippen LogP) is 3.60. The third-order valence-corrected chi connectivity index (χ3v) is 2.75. The molecule has 0 saturated carbocycles. The number of halogens is 3. The van der Waals surface area contributed by atoms with Gasteiger partial charge in [-0.1, -0.05) is 6.92 Å². The minimum absolute atomic E-state index is 0.249. The van der Waals surface area contributed by atoms with Crippen molar-refractivity contribution in [2.24, 2.45) is 0 Å². The first-order valence-corrected chi connectivity index (χ1v) is 5.93. The molecule has 2 amide bonds. The van der Waals surface area contributed by atoms with Crippen molar-refractivity contribution in [1.29, 1.82) is 0 Å². The molecule has 0 bridgehead atoms. The molecule has 19 heavy (non-hydrogen) atoms. The third-order valence-electron chi connectivity index (χ3n) is 2.75. The van der Waals surface area contributed by atoms with Gasteiger partial charge in [-0.25, -0.2) is 4.79 Å². The van der Waals surface area contributed by atoms with E-state index in [-0.39, 0.29) is 6.03 Å². The highest BCUT2D eigenvalue weighted by Gasteiger charge is 2.30. The lowest BCUT2D eigenvalue weighted by molar-refractivity contribution is -0.137. The van der Waals surface area contributed by atoms with E-state index in [0.717, 1.165) is 18.6 Å². The smallest absolute Gasteiger partial charge is 0.327 e. The van der Waals surface area contributed by atoms with Crippen molar-refractivity contribution in [3.63, 3.8) is 0 Å². The Morgan fingerprint density at radius 1 is 1.16 bits per heavy atom. The molecule has 3 nitrogen and oxygen atoms in total. The maximum Gasteiger partial charge on any atom is 0.416 e. The van der Waals surface area contributed by atoms with Crippen LogP contribution in [-0.2, 0) is 6.18 Å². The minimum atomic E-state index is -4.36. The van der Waals surface area contributed by atoms with E-state index in [4.69, 9.17) is 0 Å². The molecule has 1 aromatic rings. The van der Waals surface area contributed by atoms with Crippen LogP contribution >= 0.6 is 0 Å². The highest BCUT2D eigenvalue weighted by atomic mass is 19.4. The number of carbonyl (C=O) groups is 1. The summed E-state index contributed by atoms with van der Waals surface area (Å²) >= 11 is 0. The van der Waals surface area contributed by atoms with E-state index in [1.54, 1.807) is 7.05 Å². The number of anilines is 1. The number of carbonyl (C=O) groups excluding carboxylic acids is 1. The minimum Gasteiger partial charge on any atom is -0.327 e. The first-order valence-electron chi connectivity index (χ1n) is 5.93. The summed E-state index contributed by atoms with van der Waals surface area (Å²) in [5, 5.41) is 0. The number of amides is 2. The van der Waals surface area contributed by atoms with Gasteiger partial charge in [0.15, 0.2) is 0 Å². The van der Waals surface area contributed by atoms with Gasteiger partial charge in [-0.3, -0.25) is 4.90 Å². The van der Waals surface area contributed by atoms with Crippen molar-refractivity contribution in [1.82, 2.24) is 4.90 Å². The molecule has 6 heteroatoms. The normalized spacial score (nSPS) is 11.3. The zero-order valence-corrected chi connectivity index (χ0v) is 11.2. The van der Waals surface area contributed by atoms with Crippen LogP contribution in [0.15, 0.2) is 24.3 Å². The van der Waals surface area contributed by atoms with E-state index in [9.17, 15) is 18.0 Å². The van der Waals surface area contributed by atoms with Gasteiger partial charge in [-0.15, -0.1) is 0 Å². The zero-order valence-electron chi connectivity index (χ0n) is 11.2. The second-order valence-electron chi connectivity index (χ2n) is 4.31. The van der Waals surface area contributed by atoms with Crippen molar-refractivity contribution in [3.05, 3.63) is 29.8 Å². The summed E-state index contributed by atoms with van der Waals surface area (Å²) in [4.78, 5) is 14.8. The Morgan fingerprint density at radius 3 is 2.11 bits per heavy atom. The number of benzene rings is 1. The van der Waals surface area contributed by atoms with Crippen LogP contribution in [0.5, 0.6) is 0 Å². The van der Waals surface area contributed by atoms with E-state index in [2.05, 4.69) is 0 Å². The average molecular weight is 274 g/mol. The Morgan fingerprint density at radius 2 is 1.68 bits per heavy atom. The molecule has 0 unspecified atom stereocenters. The summed E-state index contributed by atoms with van der Waals surface area (Å²) < 4.78 is 37.3. The highest BCUT2D eigenvalue weighted by molar-refractivity contribution is 5.91. The van der Waals surface area contributed by atoms with Crippen LogP contribution in [-0.4, -0.2) is 31.6 Å². The Bertz CT molecular complexity index is 429. The molecule has 1 aromatic carbocycles. The maximum absolute atomic E-state index is 12.4. The van der Waals surface area contributed by atoms with Gasteiger partial charge in [0, 0.05) is 26.3 Å². The summed E-state index contributed by atoms with van der Waals surface area (Å²) in [5.74, 6) is 0. The molecule has 0 heterocycles. The lowest BCUT2D eigenvalue weighted by Gasteiger charge is -2.24. The fourth-order valence-electron chi connectivity index (χ4n) is 1.67. The second-order valence-corrected chi connectivity index (χ2v) is 4.31. The van der Waals surface area contributed by atoms with E-state index in [0.29, 0.717) is 12.2 Å². The standard InChI is InChI=1S/C13H17F3N2O/c1-4-9-17(2)12(19)18(3)11-7-5-10(6-8-11)13(14,15)16/h5-8H,4,9H2,1-3H3. The molecule has 0 aliphatic carbocycles. The van der Waals surface area contributed by atoms with Gasteiger partial charge >= 0.3 is 12.2 Å². The first-order chi connectivity index (χ1) is 8.77. The molecule has 0 aliphatic rings. The Labute approximate surface area is 110 Å². The molecule has 0 aromatic heterocycles. The van der Waals surface area contributed by atoms with Crippen LogP contribution in [0, 0.1) is 0 Å². The van der Waals surface area contributed by atoms with Crippen LogP contribution < -0.4 is 4.90 Å². The molecule has 1 rings (SSSR count). The monoisotopic (exact) mass is 274 g/mol. The van der Waals surface area contributed by atoms with Gasteiger partial charge in [0.1, 0.15) is 0 Å². The molecule has 106 valence electrons. The summed E-state index contributed by atoms with van der Waals surface area (Å²) in [5.41, 5.74) is -0.292. The molecule has 0 saturated heterocycles. The molecular formula is C13H17F3N2O. The van der Waals surface area contributed by atoms with Crippen molar-refractivity contribution < 1.29 is 18.0 Å². The number of hydrogen-bond donors (Lipinski definition) is 0. The first kappa shape index (κ1) is 15.3. The molecule has 0 N–H and O–H groups in total. The van der Waals surface area contributed by atoms with Crippen molar-refractivity contribution in [2.75, 3.05) is 25.5 Å². The SMILES string of the molecule is CCCN(C)C(=O)N(C)c1ccc(C(F)(F)F)cc1. The fourth-order valence-corrected chi connectivity index (χ4v) is 1.67. The Kier molecular flexibility index (Phi) is 4.80. The van der Waals surface area contributed by atoms with Gasteiger partial charge in [-0.05, 0) is 30.7 Å². The maximum atomic E-state index is 12.4. The van der Waals surface area contributed by atoms with Crippen molar-refractivity contribution >= 4 is 11.7 Å². The lowest BCUT2D eigenvalue weighted by Crippen LogP contribution is -2.39. The summed E-state index contributed by atoms with van der Waals surface area (Å²) in [6, 6.07) is 4.28. The van der Waals surface area contributed by atoms with Gasteiger partial charge in [0.2, 0.25) is 0 Å². The number of hydrogen-bond acceptors (Lipinski definition) is 1. The van der Waals surface area contributed by atoms with Crippen LogP contribution in [0.3, 0.4) is 0 Å². The number of urea groups is 1. The second kappa shape index (κ2) is 5.95.